The minimum Gasteiger partial charge on any atom is -0.381 e. The van der Waals surface area contributed by atoms with Gasteiger partial charge in [0.05, 0.1) is 5.69 Å². The van der Waals surface area contributed by atoms with Gasteiger partial charge in [0.25, 0.3) is 0 Å². The molecular formula is C17H25FN2O. The Bertz CT molecular complexity index is 470. The van der Waals surface area contributed by atoms with E-state index in [1.807, 2.05) is 19.2 Å². The van der Waals surface area contributed by atoms with Gasteiger partial charge in [-0.25, -0.2) is 4.39 Å². The van der Waals surface area contributed by atoms with Crippen LogP contribution in [0.2, 0.25) is 0 Å². The van der Waals surface area contributed by atoms with Crippen LogP contribution in [0.3, 0.4) is 0 Å². The third-order valence-corrected chi connectivity index (χ3v) is 4.48. The Balaban J connectivity index is 1.68. The van der Waals surface area contributed by atoms with Crippen molar-refractivity contribution in [2.75, 3.05) is 31.7 Å². The average Bonchev–Trinajstić information content (AvgIpc) is 3.30. The lowest BCUT2D eigenvalue weighted by atomic mass is 9.99. The molecular weight excluding hydrogens is 267 g/mol. The van der Waals surface area contributed by atoms with E-state index >= 15 is 0 Å². The number of halogens is 1. The van der Waals surface area contributed by atoms with Crippen molar-refractivity contribution < 1.29 is 9.13 Å². The van der Waals surface area contributed by atoms with Gasteiger partial charge in [-0.05, 0) is 43.2 Å². The standard InChI is InChI=1S/C17H25FN2O/c1-20(12-13-7-9-21-10-8-13)17-14(3-2-4-16(17)18)11-19-15-5-6-15/h2-4,13,15,19H,5-12H2,1H3. The fraction of sp³-hybridized carbons (Fsp3) is 0.647. The molecule has 116 valence electrons. The third kappa shape index (κ3) is 3.95. The summed E-state index contributed by atoms with van der Waals surface area (Å²) in [5.74, 6) is 0.493. The molecule has 1 aromatic rings. The molecule has 2 fully saturated rings. The van der Waals surface area contributed by atoms with Crippen molar-refractivity contribution in [1.82, 2.24) is 5.32 Å². The van der Waals surface area contributed by atoms with E-state index in [4.69, 9.17) is 4.74 Å². The van der Waals surface area contributed by atoms with Crippen LogP contribution in [-0.4, -0.2) is 32.8 Å². The Morgan fingerprint density at radius 2 is 2.00 bits per heavy atom. The molecule has 1 N–H and O–H groups in total. The molecule has 0 aromatic heterocycles. The lowest BCUT2D eigenvalue weighted by Gasteiger charge is -2.30. The average molecular weight is 292 g/mol. The summed E-state index contributed by atoms with van der Waals surface area (Å²) < 4.78 is 19.7. The molecule has 3 nitrogen and oxygen atoms in total. The SMILES string of the molecule is CN(CC1CCOCC1)c1c(F)cccc1CNC1CC1. The van der Waals surface area contributed by atoms with Gasteiger partial charge in [0.2, 0.25) is 0 Å². The molecule has 0 unspecified atom stereocenters. The van der Waals surface area contributed by atoms with Crippen LogP contribution in [0, 0.1) is 11.7 Å². The monoisotopic (exact) mass is 292 g/mol. The topological polar surface area (TPSA) is 24.5 Å². The molecule has 0 amide bonds. The van der Waals surface area contributed by atoms with Gasteiger partial charge in [-0.15, -0.1) is 0 Å². The first-order valence-corrected chi connectivity index (χ1v) is 8.03. The molecule has 1 aliphatic carbocycles. The summed E-state index contributed by atoms with van der Waals surface area (Å²) in [6.45, 7) is 3.34. The molecule has 1 heterocycles. The molecule has 0 spiro atoms. The number of anilines is 1. The minimum absolute atomic E-state index is 0.111. The van der Waals surface area contributed by atoms with Crippen molar-refractivity contribution in [3.05, 3.63) is 29.6 Å². The summed E-state index contributed by atoms with van der Waals surface area (Å²) in [5.41, 5.74) is 1.83. The minimum atomic E-state index is -0.111. The van der Waals surface area contributed by atoms with E-state index in [2.05, 4.69) is 10.2 Å². The number of benzene rings is 1. The number of ether oxygens (including phenoxy) is 1. The second-order valence-electron chi connectivity index (χ2n) is 6.34. The molecule has 1 saturated heterocycles. The lowest BCUT2D eigenvalue weighted by Crippen LogP contribution is -2.31. The van der Waals surface area contributed by atoms with Crippen LogP contribution in [0.5, 0.6) is 0 Å². The van der Waals surface area contributed by atoms with E-state index in [0.29, 0.717) is 12.0 Å². The highest BCUT2D eigenvalue weighted by atomic mass is 19.1. The van der Waals surface area contributed by atoms with Crippen LogP contribution < -0.4 is 10.2 Å². The van der Waals surface area contributed by atoms with Gasteiger partial charge in [0.15, 0.2) is 0 Å². The quantitative estimate of drug-likeness (QED) is 0.872. The van der Waals surface area contributed by atoms with Gasteiger partial charge < -0.3 is 15.0 Å². The normalized spacial score (nSPS) is 19.7. The van der Waals surface area contributed by atoms with Gasteiger partial charge in [0, 0.05) is 39.4 Å². The first-order chi connectivity index (χ1) is 10.2. The van der Waals surface area contributed by atoms with E-state index in [9.17, 15) is 4.39 Å². The Labute approximate surface area is 126 Å². The smallest absolute Gasteiger partial charge is 0.146 e. The zero-order chi connectivity index (χ0) is 14.7. The first-order valence-electron chi connectivity index (χ1n) is 8.03. The number of rotatable bonds is 6. The van der Waals surface area contributed by atoms with Crippen LogP contribution in [0.4, 0.5) is 10.1 Å². The van der Waals surface area contributed by atoms with E-state index in [1.165, 1.54) is 12.8 Å². The molecule has 4 heteroatoms. The maximum Gasteiger partial charge on any atom is 0.146 e. The molecule has 1 saturated carbocycles. The van der Waals surface area contributed by atoms with E-state index in [0.717, 1.165) is 50.4 Å². The zero-order valence-corrected chi connectivity index (χ0v) is 12.8. The summed E-state index contributed by atoms with van der Waals surface area (Å²) in [6.07, 6.45) is 4.66. The van der Waals surface area contributed by atoms with Gasteiger partial charge in [0.1, 0.15) is 5.82 Å². The van der Waals surface area contributed by atoms with Gasteiger partial charge in [-0.1, -0.05) is 12.1 Å². The maximum atomic E-state index is 14.3. The van der Waals surface area contributed by atoms with Crippen LogP contribution in [0.25, 0.3) is 0 Å². The molecule has 0 radical (unpaired) electrons. The van der Waals surface area contributed by atoms with Crippen LogP contribution in [0.1, 0.15) is 31.2 Å². The van der Waals surface area contributed by atoms with Gasteiger partial charge in [-0.3, -0.25) is 0 Å². The molecule has 0 bridgehead atoms. The fourth-order valence-corrected chi connectivity index (χ4v) is 3.08. The maximum absolute atomic E-state index is 14.3. The summed E-state index contributed by atoms with van der Waals surface area (Å²) in [6, 6.07) is 6.05. The van der Waals surface area contributed by atoms with Crippen LogP contribution in [-0.2, 0) is 11.3 Å². The van der Waals surface area contributed by atoms with E-state index < -0.39 is 0 Å². The second kappa shape index (κ2) is 6.75. The van der Waals surface area contributed by atoms with Crippen LogP contribution in [0.15, 0.2) is 18.2 Å². The summed E-state index contributed by atoms with van der Waals surface area (Å²) in [4.78, 5) is 2.09. The predicted molar refractivity (Wildman–Crippen MR) is 83.1 cm³/mol. The lowest BCUT2D eigenvalue weighted by molar-refractivity contribution is 0.0685. The highest BCUT2D eigenvalue weighted by Crippen LogP contribution is 2.27. The zero-order valence-electron chi connectivity index (χ0n) is 12.8. The molecule has 1 aliphatic heterocycles. The largest absolute Gasteiger partial charge is 0.381 e. The Morgan fingerprint density at radius 1 is 1.24 bits per heavy atom. The summed E-state index contributed by atoms with van der Waals surface area (Å²) in [7, 11) is 2.01. The third-order valence-electron chi connectivity index (χ3n) is 4.48. The Morgan fingerprint density at radius 3 is 2.71 bits per heavy atom. The van der Waals surface area contributed by atoms with Crippen molar-refractivity contribution in [2.24, 2.45) is 5.92 Å². The number of hydrogen-bond acceptors (Lipinski definition) is 3. The summed E-state index contributed by atoms with van der Waals surface area (Å²) in [5, 5.41) is 3.49. The fourth-order valence-electron chi connectivity index (χ4n) is 3.08. The first kappa shape index (κ1) is 14.8. The Hall–Kier alpha value is -1.13. The van der Waals surface area contributed by atoms with Crippen molar-refractivity contribution in [3.8, 4) is 0 Å². The molecule has 21 heavy (non-hydrogen) atoms. The highest BCUT2D eigenvalue weighted by Gasteiger charge is 2.23. The van der Waals surface area contributed by atoms with Gasteiger partial charge in [-0.2, -0.15) is 0 Å². The molecule has 3 rings (SSSR count). The highest BCUT2D eigenvalue weighted by molar-refractivity contribution is 5.54. The number of nitrogens with one attached hydrogen (secondary N) is 1. The molecule has 0 atom stereocenters. The second-order valence-corrected chi connectivity index (χ2v) is 6.34. The molecule has 1 aromatic carbocycles. The van der Waals surface area contributed by atoms with Crippen molar-refractivity contribution in [3.63, 3.8) is 0 Å². The van der Waals surface area contributed by atoms with Crippen molar-refractivity contribution in [1.29, 1.82) is 0 Å². The predicted octanol–water partition coefficient (Wildman–Crippen LogP) is 2.94. The van der Waals surface area contributed by atoms with Gasteiger partial charge >= 0.3 is 0 Å². The number of hydrogen-bond donors (Lipinski definition) is 1. The van der Waals surface area contributed by atoms with Crippen LogP contribution >= 0.6 is 0 Å². The van der Waals surface area contributed by atoms with Crippen molar-refractivity contribution >= 4 is 5.69 Å². The van der Waals surface area contributed by atoms with E-state index in [-0.39, 0.29) is 5.82 Å². The summed E-state index contributed by atoms with van der Waals surface area (Å²) >= 11 is 0. The number of nitrogens with zero attached hydrogens (tertiary/aromatic N) is 1. The van der Waals surface area contributed by atoms with E-state index in [1.54, 1.807) is 6.07 Å². The van der Waals surface area contributed by atoms with Crippen molar-refractivity contribution in [2.45, 2.75) is 38.3 Å². The Kier molecular flexibility index (Phi) is 4.76. The number of para-hydroxylation sites is 1. The molecule has 2 aliphatic rings.